The number of aryl methyl sites for hydroxylation is 1. The number of aromatic nitrogens is 2. The topological polar surface area (TPSA) is 44.1 Å². The Balaban J connectivity index is 3.04. The van der Waals surface area contributed by atoms with Gasteiger partial charge < -0.3 is 4.74 Å². The molecule has 0 N–H and O–H groups in total. The van der Waals surface area contributed by atoms with Crippen LogP contribution in [0.2, 0.25) is 0 Å². The minimum absolute atomic E-state index is 0.0555. The minimum atomic E-state index is 0.0555. The maximum absolute atomic E-state index is 11.3. The summed E-state index contributed by atoms with van der Waals surface area (Å²) in [5, 5.41) is 3.97. The van der Waals surface area contributed by atoms with Crippen molar-refractivity contribution < 1.29 is 9.53 Å². The molecule has 4 heteroatoms. The highest BCUT2D eigenvalue weighted by molar-refractivity contribution is 5.97. The third kappa shape index (κ3) is 1.47. The zero-order chi connectivity index (χ0) is 9.14. The summed E-state index contributed by atoms with van der Waals surface area (Å²) in [5.74, 6) is 0.462. The Hall–Kier alpha value is -1.32. The van der Waals surface area contributed by atoms with E-state index in [1.54, 1.807) is 17.9 Å². The molecule has 1 heterocycles. The fourth-order valence-electron chi connectivity index (χ4n) is 1.00. The number of Topliss-reactive ketones (excluding diaryl/α,β-unsaturated/α-hetero) is 1. The SMILES string of the molecule is CCC(=O)c1cn(C)nc1OC. The molecule has 0 aromatic carbocycles. The van der Waals surface area contributed by atoms with Gasteiger partial charge >= 0.3 is 0 Å². The van der Waals surface area contributed by atoms with Gasteiger partial charge in [0, 0.05) is 19.7 Å². The molecule has 1 aromatic rings. The van der Waals surface area contributed by atoms with Crippen LogP contribution >= 0.6 is 0 Å². The van der Waals surface area contributed by atoms with E-state index >= 15 is 0 Å². The summed E-state index contributed by atoms with van der Waals surface area (Å²) in [6, 6.07) is 0. The van der Waals surface area contributed by atoms with Crippen LogP contribution < -0.4 is 4.74 Å². The molecule has 0 radical (unpaired) electrons. The van der Waals surface area contributed by atoms with Crippen LogP contribution in [0.25, 0.3) is 0 Å². The molecule has 0 bridgehead atoms. The van der Waals surface area contributed by atoms with E-state index < -0.39 is 0 Å². The summed E-state index contributed by atoms with van der Waals surface area (Å²) in [4.78, 5) is 11.3. The van der Waals surface area contributed by atoms with Crippen molar-refractivity contribution in [2.45, 2.75) is 13.3 Å². The van der Waals surface area contributed by atoms with E-state index in [2.05, 4.69) is 5.10 Å². The fourth-order valence-corrected chi connectivity index (χ4v) is 1.00. The number of hydrogen-bond acceptors (Lipinski definition) is 3. The van der Waals surface area contributed by atoms with Crippen molar-refractivity contribution in [3.05, 3.63) is 11.8 Å². The number of rotatable bonds is 3. The molecule has 0 saturated heterocycles. The Bertz CT molecular complexity index is 291. The van der Waals surface area contributed by atoms with Crippen LogP contribution in [0.4, 0.5) is 0 Å². The molecule has 0 spiro atoms. The van der Waals surface area contributed by atoms with Crippen LogP contribution in [0.1, 0.15) is 23.7 Å². The summed E-state index contributed by atoms with van der Waals surface area (Å²) in [6.45, 7) is 1.81. The number of ketones is 1. The average Bonchev–Trinajstić information content (AvgIpc) is 2.45. The molecule has 0 amide bonds. The van der Waals surface area contributed by atoms with Crippen molar-refractivity contribution in [1.29, 1.82) is 0 Å². The van der Waals surface area contributed by atoms with E-state index in [0.29, 0.717) is 17.9 Å². The van der Waals surface area contributed by atoms with Crippen molar-refractivity contribution in [3.8, 4) is 5.88 Å². The van der Waals surface area contributed by atoms with Crippen molar-refractivity contribution in [1.82, 2.24) is 9.78 Å². The number of carbonyl (C=O) groups is 1. The standard InChI is InChI=1S/C8H12N2O2/c1-4-7(11)6-5-10(2)9-8(6)12-3/h5H,4H2,1-3H3. The van der Waals surface area contributed by atoms with Crippen LogP contribution in [0.3, 0.4) is 0 Å². The predicted molar refractivity (Wildman–Crippen MR) is 44.4 cm³/mol. The Morgan fingerprint density at radius 2 is 2.42 bits per heavy atom. The number of ether oxygens (including phenoxy) is 1. The Morgan fingerprint density at radius 1 is 1.75 bits per heavy atom. The molecule has 0 aliphatic rings. The van der Waals surface area contributed by atoms with Crippen LogP contribution in [0, 0.1) is 0 Å². The van der Waals surface area contributed by atoms with Gasteiger partial charge in [-0.1, -0.05) is 6.92 Å². The van der Waals surface area contributed by atoms with Gasteiger partial charge in [-0.15, -0.1) is 5.10 Å². The zero-order valence-corrected chi connectivity index (χ0v) is 7.50. The molecule has 0 atom stereocenters. The number of methoxy groups -OCH3 is 1. The second-order valence-corrected chi connectivity index (χ2v) is 2.50. The zero-order valence-electron chi connectivity index (χ0n) is 7.50. The van der Waals surface area contributed by atoms with Gasteiger partial charge in [0.1, 0.15) is 0 Å². The van der Waals surface area contributed by atoms with E-state index in [1.165, 1.54) is 7.11 Å². The first-order chi connectivity index (χ1) is 5.69. The first-order valence-electron chi connectivity index (χ1n) is 3.79. The maximum atomic E-state index is 11.3. The average molecular weight is 168 g/mol. The van der Waals surface area contributed by atoms with Crippen LogP contribution in [-0.4, -0.2) is 22.7 Å². The van der Waals surface area contributed by atoms with Gasteiger partial charge in [-0.05, 0) is 0 Å². The molecule has 0 unspecified atom stereocenters. The monoisotopic (exact) mass is 168 g/mol. The molecule has 12 heavy (non-hydrogen) atoms. The van der Waals surface area contributed by atoms with E-state index in [1.807, 2.05) is 6.92 Å². The molecular formula is C8H12N2O2. The first-order valence-corrected chi connectivity index (χ1v) is 3.79. The predicted octanol–water partition coefficient (Wildman–Crippen LogP) is 1.02. The van der Waals surface area contributed by atoms with E-state index in [4.69, 9.17) is 4.74 Å². The Labute approximate surface area is 71.1 Å². The largest absolute Gasteiger partial charge is 0.479 e. The highest BCUT2D eigenvalue weighted by atomic mass is 16.5. The lowest BCUT2D eigenvalue weighted by Gasteiger charge is -1.95. The number of carbonyl (C=O) groups excluding carboxylic acids is 1. The summed E-state index contributed by atoms with van der Waals surface area (Å²) >= 11 is 0. The van der Waals surface area contributed by atoms with Crippen LogP contribution in [0.15, 0.2) is 6.20 Å². The molecule has 1 rings (SSSR count). The van der Waals surface area contributed by atoms with E-state index in [-0.39, 0.29) is 5.78 Å². The second-order valence-electron chi connectivity index (χ2n) is 2.50. The quantitative estimate of drug-likeness (QED) is 0.633. The molecule has 0 aliphatic carbocycles. The minimum Gasteiger partial charge on any atom is -0.479 e. The van der Waals surface area contributed by atoms with Crippen molar-refractivity contribution in [2.24, 2.45) is 7.05 Å². The highest BCUT2D eigenvalue weighted by Gasteiger charge is 2.13. The van der Waals surface area contributed by atoms with Gasteiger partial charge in [-0.2, -0.15) is 0 Å². The number of nitrogens with zero attached hydrogens (tertiary/aromatic N) is 2. The molecular weight excluding hydrogens is 156 g/mol. The van der Waals surface area contributed by atoms with Crippen LogP contribution in [-0.2, 0) is 7.05 Å². The molecule has 0 saturated carbocycles. The molecule has 4 nitrogen and oxygen atoms in total. The molecule has 1 aromatic heterocycles. The molecule has 0 aliphatic heterocycles. The van der Waals surface area contributed by atoms with Crippen molar-refractivity contribution in [2.75, 3.05) is 7.11 Å². The third-order valence-corrected chi connectivity index (χ3v) is 1.61. The Kier molecular flexibility index (Phi) is 2.47. The summed E-state index contributed by atoms with van der Waals surface area (Å²) in [5.41, 5.74) is 0.558. The van der Waals surface area contributed by atoms with E-state index in [0.717, 1.165) is 0 Å². The normalized spacial score (nSPS) is 9.92. The van der Waals surface area contributed by atoms with Crippen LogP contribution in [0.5, 0.6) is 5.88 Å². The maximum Gasteiger partial charge on any atom is 0.243 e. The molecule has 0 fully saturated rings. The smallest absolute Gasteiger partial charge is 0.243 e. The lowest BCUT2D eigenvalue weighted by molar-refractivity contribution is 0.0985. The van der Waals surface area contributed by atoms with Crippen molar-refractivity contribution >= 4 is 5.78 Å². The van der Waals surface area contributed by atoms with Gasteiger partial charge in [-0.3, -0.25) is 9.48 Å². The third-order valence-electron chi connectivity index (χ3n) is 1.61. The second kappa shape index (κ2) is 3.38. The van der Waals surface area contributed by atoms with Gasteiger partial charge in [0.15, 0.2) is 5.78 Å². The molecule has 66 valence electrons. The lowest BCUT2D eigenvalue weighted by Crippen LogP contribution is -1.97. The highest BCUT2D eigenvalue weighted by Crippen LogP contribution is 2.16. The van der Waals surface area contributed by atoms with Crippen molar-refractivity contribution in [3.63, 3.8) is 0 Å². The summed E-state index contributed by atoms with van der Waals surface area (Å²) < 4.78 is 6.51. The first kappa shape index (κ1) is 8.77. The Morgan fingerprint density at radius 3 is 2.92 bits per heavy atom. The number of hydrogen-bond donors (Lipinski definition) is 0. The summed E-state index contributed by atoms with van der Waals surface area (Å²) in [6.07, 6.45) is 2.15. The lowest BCUT2D eigenvalue weighted by atomic mass is 10.2. The van der Waals surface area contributed by atoms with Gasteiger partial charge in [0.05, 0.1) is 12.7 Å². The fraction of sp³-hybridized carbons (Fsp3) is 0.500. The summed E-state index contributed by atoms with van der Waals surface area (Å²) in [7, 11) is 3.27. The van der Waals surface area contributed by atoms with E-state index in [9.17, 15) is 4.79 Å². The van der Waals surface area contributed by atoms with Gasteiger partial charge in [0.2, 0.25) is 5.88 Å². The van der Waals surface area contributed by atoms with Gasteiger partial charge in [0.25, 0.3) is 0 Å². The van der Waals surface area contributed by atoms with Gasteiger partial charge in [-0.25, -0.2) is 0 Å².